The molecule has 0 amide bonds. The Morgan fingerprint density at radius 1 is 1.29 bits per heavy atom. The molecule has 21 heavy (non-hydrogen) atoms. The normalized spacial score (nSPS) is 11.7. The summed E-state index contributed by atoms with van der Waals surface area (Å²) in [6.45, 7) is 10.6. The van der Waals surface area contributed by atoms with Crippen LogP contribution >= 0.6 is 12.2 Å². The topological polar surface area (TPSA) is 47.8 Å². The summed E-state index contributed by atoms with van der Waals surface area (Å²) in [4.78, 5) is 5.65. The molecule has 0 saturated carbocycles. The van der Waals surface area contributed by atoms with Crippen molar-refractivity contribution < 1.29 is 0 Å². The first-order chi connectivity index (χ1) is 9.93. The van der Waals surface area contributed by atoms with E-state index < -0.39 is 0 Å². The maximum Gasteiger partial charge on any atom is 0.178 e. The summed E-state index contributed by atoms with van der Waals surface area (Å²) in [6.07, 6.45) is 0. The zero-order valence-corrected chi connectivity index (χ0v) is 13.9. The van der Waals surface area contributed by atoms with Crippen LogP contribution in [0.3, 0.4) is 0 Å². The number of nitriles is 1. The monoisotopic (exact) mass is 302 g/mol. The van der Waals surface area contributed by atoms with Crippen molar-refractivity contribution in [2.75, 3.05) is 6.54 Å². The first kappa shape index (κ1) is 15.7. The zero-order valence-electron chi connectivity index (χ0n) is 13.1. The smallest absolute Gasteiger partial charge is 0.178 e. The van der Waals surface area contributed by atoms with Gasteiger partial charge in [0.15, 0.2) is 4.77 Å². The molecule has 2 aromatic rings. The summed E-state index contributed by atoms with van der Waals surface area (Å²) in [5.41, 5.74) is 2.65. The SMILES string of the molecule is CC(C)N(CCn1c(=S)[nH]c2ccc(C#N)cc21)C(C)C. The highest BCUT2D eigenvalue weighted by molar-refractivity contribution is 7.71. The molecule has 0 unspecified atom stereocenters. The number of H-pyrrole nitrogens is 1. The van der Waals surface area contributed by atoms with Gasteiger partial charge in [-0.15, -0.1) is 0 Å². The van der Waals surface area contributed by atoms with E-state index in [4.69, 9.17) is 17.5 Å². The summed E-state index contributed by atoms with van der Waals surface area (Å²) >= 11 is 5.42. The standard InChI is InChI=1S/C16H22N4S/c1-11(2)19(12(3)4)7-8-20-15-9-13(10-17)5-6-14(15)18-16(20)21/h5-6,9,11-12H,7-8H2,1-4H3,(H,18,21). The summed E-state index contributed by atoms with van der Waals surface area (Å²) in [5, 5.41) is 9.05. The molecular formula is C16H22N4S. The van der Waals surface area contributed by atoms with Crippen molar-refractivity contribution in [3.05, 3.63) is 28.5 Å². The zero-order chi connectivity index (χ0) is 15.6. The molecular weight excluding hydrogens is 280 g/mol. The Labute approximate surface area is 131 Å². The van der Waals surface area contributed by atoms with Crippen LogP contribution in [0.2, 0.25) is 0 Å². The van der Waals surface area contributed by atoms with Gasteiger partial charge < -0.3 is 9.55 Å². The number of aromatic nitrogens is 2. The molecule has 0 aliphatic carbocycles. The lowest BCUT2D eigenvalue weighted by Crippen LogP contribution is -2.39. The Hall–Kier alpha value is -1.64. The Kier molecular flexibility index (Phi) is 4.81. The molecule has 0 atom stereocenters. The van der Waals surface area contributed by atoms with E-state index in [2.05, 4.69) is 48.2 Å². The number of hydrogen-bond donors (Lipinski definition) is 1. The first-order valence-electron chi connectivity index (χ1n) is 7.32. The Balaban J connectivity index is 2.32. The van der Waals surface area contributed by atoms with Gasteiger partial charge in [0, 0.05) is 25.2 Å². The molecule has 0 fully saturated rings. The number of imidazole rings is 1. The quantitative estimate of drug-likeness (QED) is 0.857. The molecule has 1 N–H and O–H groups in total. The maximum absolute atomic E-state index is 9.05. The Morgan fingerprint density at radius 2 is 1.95 bits per heavy atom. The van der Waals surface area contributed by atoms with Gasteiger partial charge in [-0.05, 0) is 58.1 Å². The first-order valence-corrected chi connectivity index (χ1v) is 7.73. The summed E-state index contributed by atoms with van der Waals surface area (Å²) < 4.78 is 2.80. The van der Waals surface area contributed by atoms with Crippen LogP contribution in [0.25, 0.3) is 11.0 Å². The Morgan fingerprint density at radius 3 is 2.52 bits per heavy atom. The van der Waals surface area contributed by atoms with Gasteiger partial charge in [0.2, 0.25) is 0 Å². The number of fused-ring (bicyclic) bond motifs is 1. The van der Waals surface area contributed by atoms with Crippen LogP contribution in [0.5, 0.6) is 0 Å². The second kappa shape index (κ2) is 6.42. The number of nitrogens with one attached hydrogen (secondary N) is 1. The highest BCUT2D eigenvalue weighted by Gasteiger charge is 2.14. The van der Waals surface area contributed by atoms with Gasteiger partial charge in [0.25, 0.3) is 0 Å². The van der Waals surface area contributed by atoms with Crippen LogP contribution in [0.4, 0.5) is 0 Å². The minimum absolute atomic E-state index is 0.499. The summed E-state index contributed by atoms with van der Waals surface area (Å²) in [6, 6.07) is 8.81. The van der Waals surface area contributed by atoms with Gasteiger partial charge in [-0.1, -0.05) is 0 Å². The Bertz CT molecular complexity index is 710. The molecule has 1 aromatic heterocycles. The van der Waals surface area contributed by atoms with E-state index in [9.17, 15) is 0 Å². The van der Waals surface area contributed by atoms with Crippen molar-refractivity contribution >= 4 is 23.3 Å². The van der Waals surface area contributed by atoms with Gasteiger partial charge in [0.1, 0.15) is 0 Å². The van der Waals surface area contributed by atoms with Gasteiger partial charge in [0.05, 0.1) is 22.7 Å². The molecule has 1 aromatic carbocycles. The van der Waals surface area contributed by atoms with Gasteiger partial charge >= 0.3 is 0 Å². The molecule has 112 valence electrons. The molecule has 0 aliphatic heterocycles. The molecule has 0 saturated heterocycles. The van der Waals surface area contributed by atoms with E-state index >= 15 is 0 Å². The van der Waals surface area contributed by atoms with E-state index in [-0.39, 0.29) is 0 Å². The fourth-order valence-corrected chi connectivity index (χ4v) is 3.07. The average molecular weight is 302 g/mol. The van der Waals surface area contributed by atoms with Crippen LogP contribution in [-0.2, 0) is 6.54 Å². The van der Waals surface area contributed by atoms with Crippen LogP contribution < -0.4 is 0 Å². The summed E-state index contributed by atoms with van der Waals surface area (Å²) in [5.74, 6) is 0. The molecule has 0 aliphatic rings. The van der Waals surface area contributed by atoms with Crippen molar-refractivity contribution in [2.24, 2.45) is 0 Å². The molecule has 0 radical (unpaired) electrons. The number of hydrogen-bond acceptors (Lipinski definition) is 3. The second-order valence-electron chi connectivity index (χ2n) is 5.85. The van der Waals surface area contributed by atoms with Gasteiger partial charge in [-0.25, -0.2) is 0 Å². The highest BCUT2D eigenvalue weighted by atomic mass is 32.1. The molecule has 2 rings (SSSR count). The predicted molar refractivity (Wildman–Crippen MR) is 88.8 cm³/mol. The molecule has 4 nitrogen and oxygen atoms in total. The fraction of sp³-hybridized carbons (Fsp3) is 0.500. The molecule has 1 heterocycles. The average Bonchev–Trinajstić information content (AvgIpc) is 2.73. The summed E-state index contributed by atoms with van der Waals surface area (Å²) in [7, 11) is 0. The van der Waals surface area contributed by atoms with Crippen LogP contribution in [0.15, 0.2) is 18.2 Å². The van der Waals surface area contributed by atoms with Crippen molar-refractivity contribution in [1.29, 1.82) is 5.26 Å². The lowest BCUT2D eigenvalue weighted by Gasteiger charge is -2.30. The number of nitrogens with zero attached hydrogens (tertiary/aromatic N) is 3. The maximum atomic E-state index is 9.05. The van der Waals surface area contributed by atoms with E-state index in [1.165, 1.54) is 0 Å². The van der Waals surface area contributed by atoms with E-state index in [0.717, 1.165) is 24.1 Å². The third-order valence-electron chi connectivity index (χ3n) is 3.81. The lowest BCUT2D eigenvalue weighted by molar-refractivity contribution is 0.168. The third-order valence-corrected chi connectivity index (χ3v) is 4.14. The van der Waals surface area contributed by atoms with E-state index in [1.54, 1.807) is 0 Å². The molecule has 0 bridgehead atoms. The van der Waals surface area contributed by atoms with Crippen molar-refractivity contribution in [3.8, 4) is 6.07 Å². The van der Waals surface area contributed by atoms with Crippen molar-refractivity contribution in [1.82, 2.24) is 14.5 Å². The van der Waals surface area contributed by atoms with E-state index in [1.807, 2.05) is 18.2 Å². The fourth-order valence-electron chi connectivity index (χ4n) is 2.77. The number of rotatable bonds is 5. The van der Waals surface area contributed by atoms with Crippen LogP contribution in [-0.4, -0.2) is 33.1 Å². The largest absolute Gasteiger partial charge is 0.331 e. The van der Waals surface area contributed by atoms with Crippen LogP contribution in [0, 0.1) is 16.1 Å². The molecule has 5 heteroatoms. The highest BCUT2D eigenvalue weighted by Crippen LogP contribution is 2.16. The van der Waals surface area contributed by atoms with Crippen LogP contribution in [0.1, 0.15) is 33.3 Å². The van der Waals surface area contributed by atoms with Gasteiger partial charge in [-0.3, -0.25) is 4.90 Å². The predicted octanol–water partition coefficient (Wildman–Crippen LogP) is 3.69. The lowest BCUT2D eigenvalue weighted by atomic mass is 10.2. The van der Waals surface area contributed by atoms with Gasteiger partial charge in [-0.2, -0.15) is 5.26 Å². The second-order valence-corrected chi connectivity index (χ2v) is 6.24. The van der Waals surface area contributed by atoms with E-state index in [0.29, 0.717) is 22.4 Å². The number of benzene rings is 1. The number of aromatic amines is 1. The minimum atomic E-state index is 0.499. The minimum Gasteiger partial charge on any atom is -0.331 e. The third kappa shape index (κ3) is 3.34. The van der Waals surface area contributed by atoms with Crippen molar-refractivity contribution in [2.45, 2.75) is 46.3 Å². The van der Waals surface area contributed by atoms with Crippen molar-refractivity contribution in [3.63, 3.8) is 0 Å². The molecule has 0 spiro atoms.